The van der Waals surface area contributed by atoms with Crippen molar-refractivity contribution < 1.29 is 4.79 Å². The molecule has 2 rings (SSSR count). The molecule has 0 atom stereocenters. The van der Waals surface area contributed by atoms with E-state index < -0.39 is 0 Å². The molecular formula is C17H21N3O. The Morgan fingerprint density at radius 2 is 1.57 bits per heavy atom. The maximum absolute atomic E-state index is 11.9. The predicted molar refractivity (Wildman–Crippen MR) is 85.7 cm³/mol. The number of amides is 1. The molecule has 1 amide bonds. The van der Waals surface area contributed by atoms with Crippen LogP contribution in [0.2, 0.25) is 0 Å². The monoisotopic (exact) mass is 283 g/mol. The van der Waals surface area contributed by atoms with Gasteiger partial charge in [0.15, 0.2) is 0 Å². The van der Waals surface area contributed by atoms with Gasteiger partial charge < -0.3 is 5.32 Å². The topological polar surface area (TPSA) is 67.2 Å². The van der Waals surface area contributed by atoms with Crippen molar-refractivity contribution in [3.05, 3.63) is 65.7 Å². The third-order valence-corrected chi connectivity index (χ3v) is 3.28. The van der Waals surface area contributed by atoms with E-state index in [1.54, 1.807) is 0 Å². The van der Waals surface area contributed by atoms with E-state index in [1.165, 1.54) is 11.1 Å². The van der Waals surface area contributed by atoms with Gasteiger partial charge in [-0.15, -0.1) is 0 Å². The molecule has 0 saturated carbocycles. The first-order valence-electron chi connectivity index (χ1n) is 7.14. The summed E-state index contributed by atoms with van der Waals surface area (Å²) in [6.45, 7) is 0.739. The van der Waals surface area contributed by atoms with Crippen LogP contribution in [0.1, 0.15) is 17.5 Å². The molecule has 110 valence electrons. The number of benzene rings is 2. The zero-order valence-electron chi connectivity index (χ0n) is 12.0. The Morgan fingerprint density at radius 3 is 2.24 bits per heavy atom. The summed E-state index contributed by atoms with van der Waals surface area (Å²) in [5, 5.41) is 2.92. The van der Waals surface area contributed by atoms with E-state index in [1.807, 2.05) is 54.6 Å². The van der Waals surface area contributed by atoms with E-state index in [9.17, 15) is 4.79 Å². The van der Waals surface area contributed by atoms with E-state index >= 15 is 0 Å². The first-order chi connectivity index (χ1) is 10.3. The number of carbonyl (C=O) groups excluding carboxylic acids is 1. The van der Waals surface area contributed by atoms with Crippen molar-refractivity contribution in [2.24, 2.45) is 5.84 Å². The van der Waals surface area contributed by atoms with Crippen LogP contribution in [0.4, 0.5) is 5.69 Å². The lowest BCUT2D eigenvalue weighted by Gasteiger charge is -2.07. The highest BCUT2D eigenvalue weighted by Crippen LogP contribution is 2.11. The highest BCUT2D eigenvalue weighted by Gasteiger charge is 2.03. The van der Waals surface area contributed by atoms with Crippen molar-refractivity contribution in [1.29, 1.82) is 0 Å². The minimum absolute atomic E-state index is 0.0372. The van der Waals surface area contributed by atoms with Crippen LogP contribution in [0.15, 0.2) is 54.6 Å². The fourth-order valence-corrected chi connectivity index (χ4v) is 2.10. The van der Waals surface area contributed by atoms with Gasteiger partial charge in [-0.1, -0.05) is 42.5 Å². The first kappa shape index (κ1) is 15.2. The summed E-state index contributed by atoms with van der Waals surface area (Å²) in [5.41, 5.74) is 5.82. The average molecular weight is 283 g/mol. The highest BCUT2D eigenvalue weighted by atomic mass is 16.1. The van der Waals surface area contributed by atoms with E-state index in [2.05, 4.69) is 10.7 Å². The molecule has 0 radical (unpaired) electrons. The van der Waals surface area contributed by atoms with Crippen LogP contribution in [0.5, 0.6) is 0 Å². The molecule has 0 fully saturated rings. The Morgan fingerprint density at radius 1 is 0.905 bits per heavy atom. The molecule has 0 spiro atoms. The van der Waals surface area contributed by atoms with Crippen molar-refractivity contribution in [2.45, 2.75) is 19.3 Å². The largest absolute Gasteiger partial charge is 0.326 e. The van der Waals surface area contributed by atoms with E-state index in [0.29, 0.717) is 6.42 Å². The molecule has 4 heteroatoms. The van der Waals surface area contributed by atoms with Crippen molar-refractivity contribution in [3.63, 3.8) is 0 Å². The lowest BCUT2D eigenvalue weighted by atomic mass is 10.1. The normalized spacial score (nSPS) is 10.3. The van der Waals surface area contributed by atoms with Crippen LogP contribution in [0.3, 0.4) is 0 Å². The maximum Gasteiger partial charge on any atom is 0.224 e. The molecule has 0 aromatic heterocycles. The third kappa shape index (κ3) is 5.38. The number of anilines is 1. The number of nitrogens with one attached hydrogen (secondary N) is 2. The molecule has 21 heavy (non-hydrogen) atoms. The van der Waals surface area contributed by atoms with Crippen LogP contribution >= 0.6 is 0 Å². The molecule has 0 unspecified atom stereocenters. The lowest BCUT2D eigenvalue weighted by molar-refractivity contribution is -0.116. The smallest absolute Gasteiger partial charge is 0.224 e. The van der Waals surface area contributed by atoms with Gasteiger partial charge in [0.25, 0.3) is 0 Å². The maximum atomic E-state index is 11.9. The molecule has 0 aliphatic heterocycles. The molecule has 4 nitrogen and oxygen atoms in total. The number of nitrogens with two attached hydrogens (primary N) is 1. The summed E-state index contributed by atoms with van der Waals surface area (Å²) < 4.78 is 0. The zero-order chi connectivity index (χ0) is 14.9. The van der Waals surface area contributed by atoms with Gasteiger partial charge in [-0.05, 0) is 36.1 Å². The van der Waals surface area contributed by atoms with E-state index in [-0.39, 0.29) is 5.91 Å². The Hall–Kier alpha value is -2.17. The molecule has 0 aliphatic carbocycles. The van der Waals surface area contributed by atoms with Crippen molar-refractivity contribution in [2.75, 3.05) is 11.9 Å². The number of hydrogen-bond donors (Lipinski definition) is 3. The predicted octanol–water partition coefficient (Wildman–Crippen LogP) is 2.26. The van der Waals surface area contributed by atoms with E-state index in [0.717, 1.165) is 25.1 Å². The van der Waals surface area contributed by atoms with Gasteiger partial charge in [-0.3, -0.25) is 16.1 Å². The van der Waals surface area contributed by atoms with Crippen molar-refractivity contribution in [1.82, 2.24) is 5.43 Å². The molecule has 0 heterocycles. The van der Waals surface area contributed by atoms with Crippen LogP contribution in [0.25, 0.3) is 0 Å². The van der Waals surface area contributed by atoms with Gasteiger partial charge >= 0.3 is 0 Å². The fraction of sp³-hybridized carbons (Fsp3) is 0.235. The van der Waals surface area contributed by atoms with Gasteiger partial charge in [0.2, 0.25) is 5.91 Å². The second kappa shape index (κ2) is 8.19. The average Bonchev–Trinajstić information content (AvgIpc) is 2.53. The van der Waals surface area contributed by atoms with Gasteiger partial charge in [-0.25, -0.2) is 0 Å². The summed E-state index contributed by atoms with van der Waals surface area (Å²) in [6, 6.07) is 17.9. The second-order valence-corrected chi connectivity index (χ2v) is 4.93. The fourth-order valence-electron chi connectivity index (χ4n) is 2.10. The number of hydrazine groups is 1. The quantitative estimate of drug-likeness (QED) is 0.539. The van der Waals surface area contributed by atoms with Gasteiger partial charge in [0.05, 0.1) is 0 Å². The van der Waals surface area contributed by atoms with E-state index in [4.69, 9.17) is 5.84 Å². The summed E-state index contributed by atoms with van der Waals surface area (Å²) in [7, 11) is 0. The standard InChI is InChI=1S/C17H21N3O/c18-19-13-12-15-6-9-16(10-7-15)20-17(21)11-8-14-4-2-1-3-5-14/h1-7,9-10,19H,8,11-13,18H2,(H,20,21). The number of hydrogen-bond acceptors (Lipinski definition) is 3. The molecule has 2 aromatic rings. The Labute approximate surface area is 125 Å². The molecular weight excluding hydrogens is 262 g/mol. The van der Waals surface area contributed by atoms with Crippen LogP contribution in [0, 0.1) is 0 Å². The number of aryl methyl sites for hydroxylation is 1. The summed E-state index contributed by atoms with van der Waals surface area (Å²) in [5.74, 6) is 5.28. The highest BCUT2D eigenvalue weighted by molar-refractivity contribution is 5.90. The number of rotatable bonds is 7. The lowest BCUT2D eigenvalue weighted by Crippen LogP contribution is -2.24. The molecule has 0 aliphatic rings. The van der Waals surface area contributed by atoms with Crippen LogP contribution in [-0.2, 0) is 17.6 Å². The molecule has 4 N–H and O–H groups in total. The zero-order valence-corrected chi connectivity index (χ0v) is 12.0. The minimum atomic E-state index is 0.0372. The molecule has 0 saturated heterocycles. The SMILES string of the molecule is NNCCc1ccc(NC(=O)CCc2ccccc2)cc1. The third-order valence-electron chi connectivity index (χ3n) is 3.28. The molecule has 0 bridgehead atoms. The van der Waals surface area contributed by atoms with Crippen molar-refractivity contribution >= 4 is 11.6 Å². The Balaban J connectivity index is 1.79. The molecule has 2 aromatic carbocycles. The summed E-state index contributed by atoms with van der Waals surface area (Å²) in [4.78, 5) is 11.9. The number of carbonyl (C=O) groups is 1. The van der Waals surface area contributed by atoms with Crippen molar-refractivity contribution in [3.8, 4) is 0 Å². The van der Waals surface area contributed by atoms with Crippen LogP contribution in [-0.4, -0.2) is 12.5 Å². The Bertz CT molecular complexity index is 552. The van der Waals surface area contributed by atoms with Gasteiger partial charge in [0.1, 0.15) is 0 Å². The second-order valence-electron chi connectivity index (χ2n) is 4.93. The Kier molecular flexibility index (Phi) is 5.94. The minimum Gasteiger partial charge on any atom is -0.326 e. The summed E-state index contributed by atoms with van der Waals surface area (Å²) >= 11 is 0. The van der Waals surface area contributed by atoms with Gasteiger partial charge in [0, 0.05) is 18.7 Å². The summed E-state index contributed by atoms with van der Waals surface area (Å²) in [6.07, 6.45) is 2.12. The van der Waals surface area contributed by atoms with Gasteiger partial charge in [-0.2, -0.15) is 0 Å². The van der Waals surface area contributed by atoms with Crippen LogP contribution < -0.4 is 16.6 Å². The first-order valence-corrected chi connectivity index (χ1v) is 7.14.